The fourth-order valence-corrected chi connectivity index (χ4v) is 2.10. The fraction of sp³-hybridized carbons (Fsp3) is 0.267. The van der Waals surface area contributed by atoms with Crippen molar-refractivity contribution in [3.05, 3.63) is 41.6 Å². The zero-order valence-electron chi connectivity index (χ0n) is 13.6. The number of rotatable bonds is 6. The van der Waals surface area contributed by atoms with Crippen LogP contribution in [-0.2, 0) is 6.54 Å². The summed E-state index contributed by atoms with van der Waals surface area (Å²) in [5.74, 6) is -0.117. The highest BCUT2D eigenvalue weighted by Gasteiger charge is 2.12. The quantitative estimate of drug-likeness (QED) is 0.715. The summed E-state index contributed by atoms with van der Waals surface area (Å²) in [7, 11) is 1.36. The van der Waals surface area contributed by atoms with Gasteiger partial charge in [0.1, 0.15) is 0 Å². The van der Waals surface area contributed by atoms with Crippen molar-refractivity contribution in [2.45, 2.75) is 13.5 Å². The predicted molar refractivity (Wildman–Crippen MR) is 83.3 cm³/mol. The van der Waals surface area contributed by atoms with Crippen LogP contribution in [0.3, 0.4) is 0 Å². The van der Waals surface area contributed by atoms with E-state index in [1.807, 2.05) is 0 Å². The van der Waals surface area contributed by atoms with Crippen LogP contribution in [0.15, 0.2) is 28.9 Å². The lowest BCUT2D eigenvalue weighted by molar-refractivity contribution is 0.0951. The molecule has 2 heterocycles. The zero-order chi connectivity index (χ0) is 17.8. The SMILES string of the molecule is COc1ccc(C(=O)NCCn2cc(-c3nc(C)no3)nn2)cc1F. The molecule has 0 radical (unpaired) electrons. The van der Waals surface area contributed by atoms with Gasteiger partial charge in [0.05, 0.1) is 19.9 Å². The van der Waals surface area contributed by atoms with E-state index < -0.39 is 11.7 Å². The molecule has 0 spiro atoms. The number of amides is 1. The molecule has 3 rings (SSSR count). The van der Waals surface area contributed by atoms with Gasteiger partial charge in [0.25, 0.3) is 11.8 Å². The number of nitrogens with zero attached hydrogens (tertiary/aromatic N) is 5. The third-order valence-electron chi connectivity index (χ3n) is 3.33. The largest absolute Gasteiger partial charge is 0.494 e. The third-order valence-corrected chi connectivity index (χ3v) is 3.33. The summed E-state index contributed by atoms with van der Waals surface area (Å²) in [5.41, 5.74) is 0.656. The van der Waals surface area contributed by atoms with E-state index in [9.17, 15) is 9.18 Å². The van der Waals surface area contributed by atoms with E-state index in [0.717, 1.165) is 6.07 Å². The van der Waals surface area contributed by atoms with Crippen LogP contribution in [0.2, 0.25) is 0 Å². The highest BCUT2D eigenvalue weighted by molar-refractivity contribution is 5.94. The van der Waals surface area contributed by atoms with Gasteiger partial charge in [0, 0.05) is 12.1 Å². The highest BCUT2D eigenvalue weighted by atomic mass is 19.1. The van der Waals surface area contributed by atoms with Crippen molar-refractivity contribution in [3.63, 3.8) is 0 Å². The summed E-state index contributed by atoms with van der Waals surface area (Å²) in [6, 6.07) is 4.02. The Bertz CT molecular complexity index is 891. The number of carbonyl (C=O) groups excluding carboxylic acids is 1. The Labute approximate surface area is 141 Å². The predicted octanol–water partition coefficient (Wildman–Crippen LogP) is 1.21. The number of benzene rings is 1. The average Bonchev–Trinajstić information content (AvgIpc) is 3.23. The normalized spacial score (nSPS) is 10.7. The van der Waals surface area contributed by atoms with E-state index in [1.165, 1.54) is 23.9 Å². The molecule has 3 aromatic rings. The molecular formula is C15H15FN6O3. The second-order valence-corrected chi connectivity index (χ2v) is 5.12. The lowest BCUT2D eigenvalue weighted by Crippen LogP contribution is -2.27. The highest BCUT2D eigenvalue weighted by Crippen LogP contribution is 2.17. The Balaban J connectivity index is 1.55. The molecule has 0 unspecified atom stereocenters. The first-order valence-electron chi connectivity index (χ1n) is 7.39. The molecular weight excluding hydrogens is 331 g/mol. The van der Waals surface area contributed by atoms with Crippen LogP contribution in [0, 0.1) is 12.7 Å². The van der Waals surface area contributed by atoms with Crippen molar-refractivity contribution >= 4 is 5.91 Å². The Morgan fingerprint density at radius 2 is 2.28 bits per heavy atom. The van der Waals surface area contributed by atoms with Gasteiger partial charge in [0.15, 0.2) is 23.1 Å². The smallest absolute Gasteiger partial charge is 0.280 e. The maximum atomic E-state index is 13.6. The van der Waals surface area contributed by atoms with Crippen LogP contribution in [0.5, 0.6) is 5.75 Å². The van der Waals surface area contributed by atoms with Crippen molar-refractivity contribution in [2.24, 2.45) is 0 Å². The summed E-state index contributed by atoms with van der Waals surface area (Å²) in [5, 5.41) is 14.2. The van der Waals surface area contributed by atoms with Crippen LogP contribution in [0.1, 0.15) is 16.2 Å². The number of aromatic nitrogens is 5. The minimum atomic E-state index is -0.592. The number of ether oxygens (including phenoxy) is 1. The molecule has 10 heteroatoms. The first-order valence-corrected chi connectivity index (χ1v) is 7.39. The van der Waals surface area contributed by atoms with E-state index in [2.05, 4.69) is 25.8 Å². The van der Waals surface area contributed by atoms with E-state index >= 15 is 0 Å². The van der Waals surface area contributed by atoms with E-state index in [1.54, 1.807) is 13.1 Å². The maximum absolute atomic E-state index is 13.6. The van der Waals surface area contributed by atoms with E-state index in [-0.39, 0.29) is 23.7 Å². The first kappa shape index (κ1) is 16.6. The van der Waals surface area contributed by atoms with Crippen LogP contribution in [0.25, 0.3) is 11.6 Å². The van der Waals surface area contributed by atoms with Crippen LogP contribution >= 0.6 is 0 Å². The lowest BCUT2D eigenvalue weighted by atomic mass is 10.2. The minimum absolute atomic E-state index is 0.0861. The van der Waals surface area contributed by atoms with Gasteiger partial charge in [0.2, 0.25) is 0 Å². The van der Waals surface area contributed by atoms with Gasteiger partial charge in [-0.25, -0.2) is 9.07 Å². The van der Waals surface area contributed by atoms with Crippen LogP contribution < -0.4 is 10.1 Å². The summed E-state index contributed by atoms with van der Waals surface area (Å²) < 4.78 is 25.0. The maximum Gasteiger partial charge on any atom is 0.280 e. The number of halogens is 1. The molecule has 0 saturated carbocycles. The van der Waals surface area contributed by atoms with Gasteiger partial charge >= 0.3 is 0 Å². The first-order chi connectivity index (χ1) is 12.1. The molecule has 0 aliphatic heterocycles. The van der Waals surface area contributed by atoms with Gasteiger partial charge in [-0.3, -0.25) is 4.79 Å². The molecule has 0 fully saturated rings. The molecule has 1 amide bonds. The van der Waals surface area contributed by atoms with Gasteiger partial charge in [-0.2, -0.15) is 4.98 Å². The van der Waals surface area contributed by atoms with Gasteiger partial charge in [-0.05, 0) is 25.1 Å². The molecule has 2 aromatic heterocycles. The van der Waals surface area contributed by atoms with E-state index in [4.69, 9.17) is 9.26 Å². The molecule has 25 heavy (non-hydrogen) atoms. The molecule has 0 atom stereocenters. The number of nitrogens with one attached hydrogen (secondary N) is 1. The van der Waals surface area contributed by atoms with Crippen molar-refractivity contribution < 1.29 is 18.4 Å². The van der Waals surface area contributed by atoms with Crippen molar-refractivity contribution in [1.29, 1.82) is 0 Å². The van der Waals surface area contributed by atoms with Crippen molar-refractivity contribution in [3.8, 4) is 17.3 Å². The molecule has 0 saturated heterocycles. The van der Waals surface area contributed by atoms with Crippen molar-refractivity contribution in [1.82, 2.24) is 30.5 Å². The Kier molecular flexibility index (Phi) is 4.68. The Morgan fingerprint density at radius 1 is 1.44 bits per heavy atom. The van der Waals surface area contributed by atoms with Gasteiger partial charge in [-0.15, -0.1) is 5.10 Å². The second kappa shape index (κ2) is 7.07. The standard InChI is InChI=1S/C15H15FN6O3/c1-9-18-15(25-20-9)12-8-22(21-19-12)6-5-17-14(23)10-3-4-13(24-2)11(16)7-10/h3-4,7-8H,5-6H2,1-2H3,(H,17,23). The number of hydrogen-bond acceptors (Lipinski definition) is 7. The van der Waals surface area contributed by atoms with Crippen molar-refractivity contribution in [2.75, 3.05) is 13.7 Å². The molecule has 1 N–H and O–H groups in total. The molecule has 9 nitrogen and oxygen atoms in total. The minimum Gasteiger partial charge on any atom is -0.494 e. The molecule has 130 valence electrons. The number of methoxy groups -OCH3 is 1. The second-order valence-electron chi connectivity index (χ2n) is 5.12. The summed E-state index contributed by atoms with van der Waals surface area (Å²) in [6.45, 7) is 2.37. The summed E-state index contributed by atoms with van der Waals surface area (Å²) in [6.07, 6.45) is 1.63. The number of carbonyl (C=O) groups is 1. The molecule has 0 bridgehead atoms. The topological polar surface area (TPSA) is 108 Å². The lowest BCUT2D eigenvalue weighted by Gasteiger charge is -2.07. The molecule has 0 aliphatic rings. The number of aryl methyl sites for hydroxylation is 1. The fourth-order valence-electron chi connectivity index (χ4n) is 2.10. The Morgan fingerprint density at radius 3 is 2.96 bits per heavy atom. The summed E-state index contributed by atoms with van der Waals surface area (Å²) >= 11 is 0. The molecule has 1 aromatic carbocycles. The number of hydrogen-bond donors (Lipinski definition) is 1. The Hall–Kier alpha value is -3.30. The van der Waals surface area contributed by atoms with E-state index in [0.29, 0.717) is 18.1 Å². The molecule has 0 aliphatic carbocycles. The van der Waals surface area contributed by atoms with Gasteiger partial charge in [-0.1, -0.05) is 10.4 Å². The zero-order valence-corrected chi connectivity index (χ0v) is 13.6. The monoisotopic (exact) mass is 346 g/mol. The van der Waals surface area contributed by atoms with Crippen LogP contribution in [-0.4, -0.2) is 44.7 Å². The average molecular weight is 346 g/mol. The van der Waals surface area contributed by atoms with Crippen LogP contribution in [0.4, 0.5) is 4.39 Å². The van der Waals surface area contributed by atoms with Gasteiger partial charge < -0.3 is 14.6 Å². The summed E-state index contributed by atoms with van der Waals surface area (Å²) in [4.78, 5) is 16.1. The third kappa shape index (κ3) is 3.79.